The molecule has 2 rings (SSSR count). The van der Waals surface area contributed by atoms with Crippen LogP contribution in [0.5, 0.6) is 0 Å². The molecule has 0 saturated carbocycles. The molecule has 0 aliphatic carbocycles. The number of hydrogen-bond acceptors (Lipinski definition) is 1. The van der Waals surface area contributed by atoms with Crippen molar-refractivity contribution in [3.63, 3.8) is 0 Å². The highest BCUT2D eigenvalue weighted by atomic mass is 15.2. The normalized spacial score (nSPS) is 10.8. The van der Waals surface area contributed by atoms with E-state index in [1.807, 2.05) is 0 Å². The monoisotopic (exact) mass is 200 g/mol. The fraction of sp³-hybridized carbons (Fsp3) is 0.231. The third-order valence-electron chi connectivity index (χ3n) is 2.37. The summed E-state index contributed by atoms with van der Waals surface area (Å²) in [7, 11) is 2.13. The lowest BCUT2D eigenvalue weighted by molar-refractivity contribution is 0.261. The van der Waals surface area contributed by atoms with E-state index in [4.69, 9.17) is 0 Å². The average molecular weight is 200 g/mol. The van der Waals surface area contributed by atoms with Crippen LogP contribution in [0, 0.1) is 0 Å². The zero-order valence-electron chi connectivity index (χ0n) is 9.00. The SMILES string of the molecule is CN(Cc1ccccc1)Cn1cccc1. The van der Waals surface area contributed by atoms with Crippen LogP contribution >= 0.6 is 0 Å². The summed E-state index contributed by atoms with van der Waals surface area (Å²) < 4.78 is 2.17. The van der Waals surface area contributed by atoms with Gasteiger partial charge in [-0.05, 0) is 24.7 Å². The van der Waals surface area contributed by atoms with Crippen LogP contribution in [0.25, 0.3) is 0 Å². The van der Waals surface area contributed by atoms with E-state index in [1.54, 1.807) is 0 Å². The number of nitrogens with zero attached hydrogens (tertiary/aromatic N) is 2. The van der Waals surface area contributed by atoms with Gasteiger partial charge >= 0.3 is 0 Å². The Balaban J connectivity index is 1.90. The molecular weight excluding hydrogens is 184 g/mol. The van der Waals surface area contributed by atoms with Gasteiger partial charge in [-0.3, -0.25) is 4.90 Å². The molecule has 2 heteroatoms. The molecule has 0 bridgehead atoms. The van der Waals surface area contributed by atoms with Crippen LogP contribution in [0.1, 0.15) is 5.56 Å². The van der Waals surface area contributed by atoms with Crippen molar-refractivity contribution < 1.29 is 0 Å². The van der Waals surface area contributed by atoms with Gasteiger partial charge in [0.25, 0.3) is 0 Å². The largest absolute Gasteiger partial charge is 0.341 e. The zero-order chi connectivity index (χ0) is 10.5. The fourth-order valence-electron chi connectivity index (χ4n) is 1.69. The van der Waals surface area contributed by atoms with E-state index in [1.165, 1.54) is 5.56 Å². The molecule has 0 unspecified atom stereocenters. The molecule has 0 radical (unpaired) electrons. The van der Waals surface area contributed by atoms with E-state index in [-0.39, 0.29) is 0 Å². The quantitative estimate of drug-likeness (QED) is 0.736. The van der Waals surface area contributed by atoms with Crippen LogP contribution in [-0.2, 0) is 13.2 Å². The summed E-state index contributed by atoms with van der Waals surface area (Å²) in [5, 5.41) is 0. The van der Waals surface area contributed by atoms with Crippen LogP contribution in [0.2, 0.25) is 0 Å². The Morgan fingerprint density at radius 2 is 1.67 bits per heavy atom. The van der Waals surface area contributed by atoms with Crippen molar-refractivity contribution in [2.24, 2.45) is 0 Å². The van der Waals surface area contributed by atoms with Gasteiger partial charge in [-0.15, -0.1) is 0 Å². The Kier molecular flexibility index (Phi) is 3.20. The maximum Gasteiger partial charge on any atom is 0.0745 e. The Hall–Kier alpha value is -1.54. The van der Waals surface area contributed by atoms with Crippen LogP contribution in [0.4, 0.5) is 0 Å². The third-order valence-corrected chi connectivity index (χ3v) is 2.37. The minimum absolute atomic E-state index is 0.932. The highest BCUT2D eigenvalue weighted by molar-refractivity contribution is 5.14. The van der Waals surface area contributed by atoms with E-state index in [9.17, 15) is 0 Å². The lowest BCUT2D eigenvalue weighted by atomic mass is 10.2. The first kappa shape index (κ1) is 9.99. The minimum Gasteiger partial charge on any atom is -0.341 e. The molecule has 0 fully saturated rings. The second kappa shape index (κ2) is 4.80. The molecule has 0 saturated heterocycles. The summed E-state index contributed by atoms with van der Waals surface area (Å²) in [6.45, 7) is 1.92. The van der Waals surface area contributed by atoms with Crippen LogP contribution in [0.15, 0.2) is 54.9 Å². The first-order valence-corrected chi connectivity index (χ1v) is 5.18. The first-order valence-electron chi connectivity index (χ1n) is 5.18. The van der Waals surface area contributed by atoms with E-state index in [2.05, 4.69) is 71.4 Å². The molecule has 1 aromatic carbocycles. The van der Waals surface area contributed by atoms with Crippen molar-refractivity contribution in [1.82, 2.24) is 9.47 Å². The molecule has 0 atom stereocenters. The van der Waals surface area contributed by atoms with Gasteiger partial charge in [-0.25, -0.2) is 0 Å². The summed E-state index contributed by atoms with van der Waals surface area (Å²) in [6.07, 6.45) is 4.17. The lowest BCUT2D eigenvalue weighted by Crippen LogP contribution is -2.20. The van der Waals surface area contributed by atoms with Gasteiger partial charge in [0.1, 0.15) is 0 Å². The van der Waals surface area contributed by atoms with Gasteiger partial charge < -0.3 is 4.57 Å². The number of hydrogen-bond donors (Lipinski definition) is 0. The third kappa shape index (κ3) is 2.96. The average Bonchev–Trinajstić information content (AvgIpc) is 2.71. The number of benzene rings is 1. The maximum atomic E-state index is 2.29. The molecule has 78 valence electrons. The van der Waals surface area contributed by atoms with Crippen molar-refractivity contribution in [3.8, 4) is 0 Å². The summed E-state index contributed by atoms with van der Waals surface area (Å²) >= 11 is 0. The maximum absolute atomic E-state index is 2.29. The zero-order valence-corrected chi connectivity index (χ0v) is 9.00. The lowest BCUT2D eigenvalue weighted by Gasteiger charge is -2.17. The topological polar surface area (TPSA) is 8.17 Å². The smallest absolute Gasteiger partial charge is 0.0745 e. The van der Waals surface area contributed by atoms with Crippen molar-refractivity contribution in [2.45, 2.75) is 13.2 Å². The van der Waals surface area contributed by atoms with Gasteiger partial charge in [0.2, 0.25) is 0 Å². The Bertz CT molecular complexity index is 378. The first-order chi connectivity index (χ1) is 7.34. The van der Waals surface area contributed by atoms with Crippen LogP contribution < -0.4 is 0 Å². The standard InChI is InChI=1S/C13H16N2/c1-14(12-15-9-5-6-10-15)11-13-7-3-2-4-8-13/h2-10H,11-12H2,1H3. The summed E-state index contributed by atoms with van der Waals surface area (Å²) in [5.74, 6) is 0. The van der Waals surface area contributed by atoms with Gasteiger partial charge in [0, 0.05) is 18.9 Å². The van der Waals surface area contributed by atoms with E-state index >= 15 is 0 Å². The molecule has 1 aromatic heterocycles. The molecular formula is C13H16N2. The van der Waals surface area contributed by atoms with Gasteiger partial charge in [0.15, 0.2) is 0 Å². The molecule has 0 aliphatic heterocycles. The van der Waals surface area contributed by atoms with E-state index in [0.717, 1.165) is 13.2 Å². The van der Waals surface area contributed by atoms with Gasteiger partial charge in [-0.2, -0.15) is 0 Å². The molecule has 0 N–H and O–H groups in total. The predicted octanol–water partition coefficient (Wildman–Crippen LogP) is 2.58. The molecule has 1 heterocycles. The number of rotatable bonds is 4. The van der Waals surface area contributed by atoms with Crippen LogP contribution in [-0.4, -0.2) is 16.5 Å². The highest BCUT2D eigenvalue weighted by Gasteiger charge is 1.99. The second-order valence-corrected chi connectivity index (χ2v) is 3.84. The van der Waals surface area contributed by atoms with Crippen LogP contribution in [0.3, 0.4) is 0 Å². The molecule has 0 aliphatic rings. The van der Waals surface area contributed by atoms with E-state index in [0.29, 0.717) is 0 Å². The molecule has 0 spiro atoms. The molecule has 0 amide bonds. The summed E-state index contributed by atoms with van der Waals surface area (Å²) in [5.41, 5.74) is 1.35. The Morgan fingerprint density at radius 3 is 2.33 bits per heavy atom. The second-order valence-electron chi connectivity index (χ2n) is 3.84. The predicted molar refractivity (Wildman–Crippen MR) is 62.3 cm³/mol. The van der Waals surface area contributed by atoms with Crippen molar-refractivity contribution in [1.29, 1.82) is 0 Å². The Morgan fingerprint density at radius 1 is 1.00 bits per heavy atom. The highest BCUT2D eigenvalue weighted by Crippen LogP contribution is 2.03. The molecule has 2 aromatic rings. The van der Waals surface area contributed by atoms with Gasteiger partial charge in [0.05, 0.1) is 6.67 Å². The fourth-order valence-corrected chi connectivity index (χ4v) is 1.69. The minimum atomic E-state index is 0.932. The van der Waals surface area contributed by atoms with Crippen molar-refractivity contribution >= 4 is 0 Å². The molecule has 15 heavy (non-hydrogen) atoms. The summed E-state index contributed by atoms with van der Waals surface area (Å²) in [6, 6.07) is 14.6. The van der Waals surface area contributed by atoms with Crippen molar-refractivity contribution in [3.05, 3.63) is 60.4 Å². The molecule has 2 nitrogen and oxygen atoms in total. The van der Waals surface area contributed by atoms with Crippen molar-refractivity contribution in [2.75, 3.05) is 7.05 Å². The number of aromatic nitrogens is 1. The summed E-state index contributed by atoms with van der Waals surface area (Å²) in [4.78, 5) is 2.29. The van der Waals surface area contributed by atoms with Gasteiger partial charge in [-0.1, -0.05) is 30.3 Å². The Labute approximate surface area is 90.8 Å². The van der Waals surface area contributed by atoms with E-state index < -0.39 is 0 Å².